The number of hydrogen-bond acceptors (Lipinski definition) is 5. The zero-order valence-corrected chi connectivity index (χ0v) is 32.2. The van der Waals surface area contributed by atoms with E-state index < -0.39 is 0 Å². The molecule has 0 fully saturated rings. The highest BCUT2D eigenvalue weighted by atomic mass is 16.5. The van der Waals surface area contributed by atoms with Crippen LogP contribution in [0.5, 0.6) is 0 Å². The standard InChI is InChI=1S/C42H83NO4/c1-4-7-10-13-16-17-18-19-20-26-31-39-46-41(44)36-32-38-43-37-30-25-21-24-29-35-42(45)47-40(33-27-22-14-11-8-5-2)34-28-23-15-12-9-6-3/h40,43H,4-39H2,1-3H3. The lowest BCUT2D eigenvalue weighted by atomic mass is 10.0. The number of carbonyl (C=O) groups is 2. The predicted octanol–water partition coefficient (Wildman–Crippen LogP) is 13.0. The van der Waals surface area contributed by atoms with Gasteiger partial charge in [0.15, 0.2) is 0 Å². The Labute approximate surface area is 294 Å². The Hall–Kier alpha value is -1.10. The number of unbranched alkanes of at least 4 members (excludes halogenated alkanes) is 24. The van der Waals surface area contributed by atoms with Crippen LogP contribution in [-0.2, 0) is 19.1 Å². The van der Waals surface area contributed by atoms with Crippen LogP contribution in [0.3, 0.4) is 0 Å². The smallest absolute Gasteiger partial charge is 0.306 e. The monoisotopic (exact) mass is 666 g/mol. The molecule has 0 aromatic carbocycles. The molecule has 0 saturated heterocycles. The SMILES string of the molecule is CCCCCCCCCCCCCOC(=O)CCCNCCCCCCCC(=O)OC(CCCCCCCC)CCCCCCCC. The molecular weight excluding hydrogens is 582 g/mol. The average Bonchev–Trinajstić information content (AvgIpc) is 3.07. The van der Waals surface area contributed by atoms with Crippen LogP contribution in [0, 0.1) is 0 Å². The summed E-state index contributed by atoms with van der Waals surface area (Å²) >= 11 is 0. The van der Waals surface area contributed by atoms with Crippen LogP contribution in [0.1, 0.15) is 233 Å². The first-order chi connectivity index (χ1) is 23.1. The van der Waals surface area contributed by atoms with Crippen molar-refractivity contribution in [2.24, 2.45) is 0 Å². The summed E-state index contributed by atoms with van der Waals surface area (Å²) < 4.78 is 11.4. The quantitative estimate of drug-likeness (QED) is 0.0523. The Kier molecular flexibility index (Phi) is 38.4. The maximum absolute atomic E-state index is 12.6. The van der Waals surface area contributed by atoms with Gasteiger partial charge in [-0.3, -0.25) is 9.59 Å². The lowest BCUT2D eigenvalue weighted by Gasteiger charge is -2.18. The molecule has 0 amide bonds. The van der Waals surface area contributed by atoms with Crippen molar-refractivity contribution < 1.29 is 19.1 Å². The Morgan fingerprint density at radius 3 is 1.32 bits per heavy atom. The molecule has 0 aromatic heterocycles. The van der Waals surface area contributed by atoms with Crippen molar-refractivity contribution in [2.75, 3.05) is 19.7 Å². The molecule has 0 aliphatic heterocycles. The van der Waals surface area contributed by atoms with E-state index in [1.165, 1.54) is 154 Å². The number of carbonyl (C=O) groups excluding carboxylic acids is 2. The zero-order valence-electron chi connectivity index (χ0n) is 32.2. The van der Waals surface area contributed by atoms with Crippen LogP contribution in [-0.4, -0.2) is 37.7 Å². The van der Waals surface area contributed by atoms with Crippen molar-refractivity contribution in [1.29, 1.82) is 0 Å². The van der Waals surface area contributed by atoms with E-state index in [1.807, 2.05) is 0 Å². The van der Waals surface area contributed by atoms with Crippen molar-refractivity contribution in [2.45, 2.75) is 239 Å². The van der Waals surface area contributed by atoms with Gasteiger partial charge in [0, 0.05) is 12.8 Å². The molecule has 0 spiro atoms. The van der Waals surface area contributed by atoms with Crippen LogP contribution >= 0.6 is 0 Å². The third-order valence-corrected chi connectivity index (χ3v) is 9.54. The summed E-state index contributed by atoms with van der Waals surface area (Å²) in [5, 5.41) is 3.47. The Balaban J connectivity index is 3.66. The summed E-state index contributed by atoms with van der Waals surface area (Å²) in [5.74, 6) is -0.0282. The Morgan fingerprint density at radius 2 is 0.809 bits per heavy atom. The molecule has 0 bridgehead atoms. The van der Waals surface area contributed by atoms with Crippen molar-refractivity contribution in [3.8, 4) is 0 Å². The second-order valence-corrected chi connectivity index (χ2v) is 14.4. The fourth-order valence-corrected chi connectivity index (χ4v) is 6.37. The molecule has 0 heterocycles. The van der Waals surface area contributed by atoms with Crippen molar-refractivity contribution >= 4 is 11.9 Å². The molecule has 0 atom stereocenters. The molecule has 1 N–H and O–H groups in total. The highest BCUT2D eigenvalue weighted by Gasteiger charge is 2.14. The third-order valence-electron chi connectivity index (χ3n) is 9.54. The minimum absolute atomic E-state index is 0.0194. The van der Waals surface area contributed by atoms with Crippen LogP contribution in [0.4, 0.5) is 0 Å². The average molecular weight is 666 g/mol. The van der Waals surface area contributed by atoms with Gasteiger partial charge >= 0.3 is 11.9 Å². The van der Waals surface area contributed by atoms with Gasteiger partial charge in [0.25, 0.3) is 0 Å². The number of hydrogen-bond donors (Lipinski definition) is 1. The fourth-order valence-electron chi connectivity index (χ4n) is 6.37. The lowest BCUT2D eigenvalue weighted by molar-refractivity contribution is -0.150. The first-order valence-electron chi connectivity index (χ1n) is 21.2. The Morgan fingerprint density at radius 1 is 0.426 bits per heavy atom. The predicted molar refractivity (Wildman–Crippen MR) is 203 cm³/mol. The molecule has 280 valence electrons. The summed E-state index contributed by atoms with van der Waals surface area (Å²) in [6, 6.07) is 0. The van der Waals surface area contributed by atoms with Gasteiger partial charge in [-0.2, -0.15) is 0 Å². The van der Waals surface area contributed by atoms with Crippen molar-refractivity contribution in [3.63, 3.8) is 0 Å². The van der Waals surface area contributed by atoms with E-state index in [9.17, 15) is 9.59 Å². The maximum Gasteiger partial charge on any atom is 0.306 e. The molecular formula is C42H83NO4. The molecule has 0 aromatic rings. The molecule has 0 aliphatic rings. The van der Waals surface area contributed by atoms with Crippen molar-refractivity contribution in [1.82, 2.24) is 5.32 Å². The van der Waals surface area contributed by atoms with E-state index in [4.69, 9.17) is 9.47 Å². The molecule has 0 rings (SSSR count). The van der Waals surface area contributed by atoms with E-state index in [-0.39, 0.29) is 18.0 Å². The summed E-state index contributed by atoms with van der Waals surface area (Å²) in [7, 11) is 0. The molecule has 0 aliphatic carbocycles. The van der Waals surface area contributed by atoms with Crippen LogP contribution in [0.25, 0.3) is 0 Å². The van der Waals surface area contributed by atoms with Gasteiger partial charge in [-0.05, 0) is 64.5 Å². The summed E-state index contributed by atoms with van der Waals surface area (Å²) in [6.07, 6.45) is 39.5. The molecule has 47 heavy (non-hydrogen) atoms. The van der Waals surface area contributed by atoms with Crippen molar-refractivity contribution in [3.05, 3.63) is 0 Å². The van der Waals surface area contributed by atoms with Crippen LogP contribution in [0.15, 0.2) is 0 Å². The van der Waals surface area contributed by atoms with E-state index in [0.717, 1.165) is 58.0 Å². The van der Waals surface area contributed by atoms with Gasteiger partial charge in [-0.15, -0.1) is 0 Å². The molecule has 0 unspecified atom stereocenters. The largest absolute Gasteiger partial charge is 0.466 e. The summed E-state index contributed by atoms with van der Waals surface area (Å²) in [6.45, 7) is 9.24. The normalized spacial score (nSPS) is 11.4. The minimum atomic E-state index is -0.0476. The van der Waals surface area contributed by atoms with Gasteiger partial charge in [-0.25, -0.2) is 0 Å². The minimum Gasteiger partial charge on any atom is -0.466 e. The van der Waals surface area contributed by atoms with Gasteiger partial charge < -0.3 is 14.8 Å². The highest BCUT2D eigenvalue weighted by Crippen LogP contribution is 2.18. The van der Waals surface area contributed by atoms with E-state index in [0.29, 0.717) is 19.4 Å². The zero-order chi connectivity index (χ0) is 34.3. The van der Waals surface area contributed by atoms with Crippen LogP contribution in [0.2, 0.25) is 0 Å². The Bertz CT molecular complexity index is 624. The number of nitrogens with one attached hydrogen (secondary N) is 1. The van der Waals surface area contributed by atoms with E-state index in [1.54, 1.807) is 0 Å². The van der Waals surface area contributed by atoms with Gasteiger partial charge in [-0.1, -0.05) is 168 Å². The number of esters is 2. The lowest BCUT2D eigenvalue weighted by Crippen LogP contribution is -2.18. The number of rotatable bonds is 39. The fraction of sp³-hybridized carbons (Fsp3) is 0.952. The van der Waals surface area contributed by atoms with Crippen LogP contribution < -0.4 is 5.32 Å². The van der Waals surface area contributed by atoms with Gasteiger partial charge in [0.2, 0.25) is 0 Å². The van der Waals surface area contributed by atoms with Gasteiger partial charge in [0.1, 0.15) is 6.10 Å². The third kappa shape index (κ3) is 37.6. The first kappa shape index (κ1) is 45.9. The summed E-state index contributed by atoms with van der Waals surface area (Å²) in [5.41, 5.74) is 0. The number of ether oxygens (including phenoxy) is 2. The summed E-state index contributed by atoms with van der Waals surface area (Å²) in [4.78, 5) is 24.5. The van der Waals surface area contributed by atoms with E-state index >= 15 is 0 Å². The first-order valence-corrected chi connectivity index (χ1v) is 21.2. The second kappa shape index (κ2) is 39.3. The topological polar surface area (TPSA) is 64.6 Å². The molecule has 5 heteroatoms. The van der Waals surface area contributed by atoms with Gasteiger partial charge in [0.05, 0.1) is 6.61 Å². The molecule has 5 nitrogen and oxygen atoms in total. The maximum atomic E-state index is 12.6. The van der Waals surface area contributed by atoms with E-state index in [2.05, 4.69) is 26.1 Å². The molecule has 0 radical (unpaired) electrons. The molecule has 0 saturated carbocycles. The highest BCUT2D eigenvalue weighted by molar-refractivity contribution is 5.69. The second-order valence-electron chi connectivity index (χ2n) is 14.4.